The average Bonchev–Trinajstić information content (AvgIpc) is 3.04. The number of pyridine rings is 1. The SMILES string of the molecule is C=CC(c1cnc(Cl)c(Br)c1)S(=O)(=O)c1cc(C(=O)OC)sc1[N+](=O)[O-]. The van der Waals surface area contributed by atoms with Crippen LogP contribution in [-0.4, -0.2) is 31.4 Å². The number of carbonyl (C=O) groups excluding carboxylic acids is 1. The van der Waals surface area contributed by atoms with Crippen LogP contribution in [0.15, 0.2) is 40.4 Å². The first-order valence-electron chi connectivity index (χ1n) is 6.67. The molecular weight excluding hydrogens is 472 g/mol. The fourth-order valence-corrected chi connectivity index (χ4v) is 5.49. The second kappa shape index (κ2) is 7.82. The van der Waals surface area contributed by atoms with Crippen LogP contribution in [0.2, 0.25) is 5.15 Å². The molecule has 0 N–H and O–H groups in total. The van der Waals surface area contributed by atoms with Gasteiger partial charge < -0.3 is 4.74 Å². The Morgan fingerprint density at radius 1 is 1.54 bits per heavy atom. The summed E-state index contributed by atoms with van der Waals surface area (Å²) < 4.78 is 30.9. The molecule has 0 aliphatic carbocycles. The van der Waals surface area contributed by atoms with Gasteiger partial charge in [-0.3, -0.25) is 10.1 Å². The summed E-state index contributed by atoms with van der Waals surface area (Å²) >= 11 is 9.38. The van der Waals surface area contributed by atoms with E-state index in [-0.39, 0.29) is 15.6 Å². The van der Waals surface area contributed by atoms with Gasteiger partial charge in [-0.1, -0.05) is 29.0 Å². The molecule has 0 amide bonds. The van der Waals surface area contributed by atoms with E-state index in [0.29, 0.717) is 15.8 Å². The second-order valence-corrected chi connectivity index (χ2v) is 9.05. The zero-order valence-corrected chi connectivity index (χ0v) is 17.0. The molecule has 0 radical (unpaired) electrons. The summed E-state index contributed by atoms with van der Waals surface area (Å²) in [6.07, 6.45) is 2.35. The second-order valence-electron chi connectivity index (χ2n) is 4.77. The first-order valence-corrected chi connectivity index (χ1v) is 10.2. The number of hydrogen-bond acceptors (Lipinski definition) is 8. The van der Waals surface area contributed by atoms with Gasteiger partial charge in [-0.15, -0.1) is 6.58 Å². The van der Waals surface area contributed by atoms with E-state index in [1.807, 2.05) is 0 Å². The van der Waals surface area contributed by atoms with E-state index in [2.05, 4.69) is 32.2 Å². The van der Waals surface area contributed by atoms with Crippen LogP contribution in [0.5, 0.6) is 0 Å². The van der Waals surface area contributed by atoms with Gasteiger partial charge in [0.25, 0.3) is 0 Å². The van der Waals surface area contributed by atoms with E-state index >= 15 is 0 Å². The van der Waals surface area contributed by atoms with Crippen LogP contribution < -0.4 is 0 Å². The summed E-state index contributed by atoms with van der Waals surface area (Å²) in [7, 11) is -3.20. The van der Waals surface area contributed by atoms with Gasteiger partial charge in [-0.25, -0.2) is 18.2 Å². The topological polar surface area (TPSA) is 116 Å². The Kier molecular flexibility index (Phi) is 6.17. The molecule has 138 valence electrons. The predicted octanol–water partition coefficient (Wildman–Crippen LogP) is 3.95. The highest BCUT2D eigenvalue weighted by atomic mass is 79.9. The van der Waals surface area contributed by atoms with Crippen molar-refractivity contribution in [3.8, 4) is 0 Å². The van der Waals surface area contributed by atoms with Crippen molar-refractivity contribution in [2.45, 2.75) is 10.1 Å². The lowest BCUT2D eigenvalue weighted by atomic mass is 10.2. The number of rotatable bonds is 6. The lowest BCUT2D eigenvalue weighted by Gasteiger charge is -2.13. The van der Waals surface area contributed by atoms with Crippen LogP contribution in [-0.2, 0) is 14.6 Å². The Hall–Kier alpha value is -1.82. The minimum atomic E-state index is -4.29. The number of sulfone groups is 1. The first kappa shape index (κ1) is 20.5. The van der Waals surface area contributed by atoms with Crippen LogP contribution >= 0.6 is 38.9 Å². The van der Waals surface area contributed by atoms with Crippen molar-refractivity contribution < 1.29 is 22.9 Å². The van der Waals surface area contributed by atoms with Gasteiger partial charge in [0.1, 0.15) is 15.3 Å². The van der Waals surface area contributed by atoms with E-state index in [4.69, 9.17) is 11.6 Å². The molecule has 2 aromatic heterocycles. The highest BCUT2D eigenvalue weighted by molar-refractivity contribution is 9.10. The Morgan fingerprint density at radius 2 is 2.19 bits per heavy atom. The quantitative estimate of drug-likeness (QED) is 0.201. The molecule has 1 unspecified atom stereocenters. The van der Waals surface area contributed by atoms with E-state index in [1.54, 1.807) is 0 Å². The number of carbonyl (C=O) groups is 1. The predicted molar refractivity (Wildman–Crippen MR) is 99.4 cm³/mol. The molecule has 1 atom stereocenters. The third kappa shape index (κ3) is 3.80. The van der Waals surface area contributed by atoms with E-state index in [0.717, 1.165) is 19.3 Å². The minimum Gasteiger partial charge on any atom is -0.465 e. The van der Waals surface area contributed by atoms with Gasteiger partial charge in [0.2, 0.25) is 0 Å². The first-order chi connectivity index (χ1) is 12.1. The van der Waals surface area contributed by atoms with Crippen molar-refractivity contribution in [1.29, 1.82) is 0 Å². The van der Waals surface area contributed by atoms with Crippen molar-refractivity contribution >= 4 is 59.7 Å². The molecule has 0 aliphatic heterocycles. The number of esters is 1. The van der Waals surface area contributed by atoms with E-state index < -0.39 is 35.9 Å². The largest absolute Gasteiger partial charge is 0.465 e. The molecule has 2 heterocycles. The molecule has 8 nitrogen and oxygen atoms in total. The maximum absolute atomic E-state index is 13.0. The molecule has 0 saturated carbocycles. The van der Waals surface area contributed by atoms with Gasteiger partial charge in [0, 0.05) is 6.20 Å². The third-order valence-corrected chi connectivity index (χ3v) is 7.62. The van der Waals surface area contributed by atoms with Gasteiger partial charge in [0.05, 0.1) is 16.5 Å². The smallest absolute Gasteiger partial charge is 0.348 e. The zero-order chi connectivity index (χ0) is 19.6. The lowest BCUT2D eigenvalue weighted by molar-refractivity contribution is -0.383. The van der Waals surface area contributed by atoms with Gasteiger partial charge >= 0.3 is 11.0 Å². The maximum atomic E-state index is 13.0. The molecule has 0 aliphatic rings. The zero-order valence-electron chi connectivity index (χ0n) is 13.0. The number of aromatic nitrogens is 1. The fraction of sp³-hybridized carbons (Fsp3) is 0.143. The molecule has 2 rings (SSSR count). The van der Waals surface area contributed by atoms with E-state index in [1.165, 1.54) is 12.3 Å². The maximum Gasteiger partial charge on any atom is 0.348 e. The summed E-state index contributed by atoms with van der Waals surface area (Å²) in [5.74, 6) is -0.870. The van der Waals surface area contributed by atoms with Crippen molar-refractivity contribution in [3.63, 3.8) is 0 Å². The molecule has 0 bridgehead atoms. The molecule has 0 spiro atoms. The molecule has 26 heavy (non-hydrogen) atoms. The van der Waals surface area contributed by atoms with Crippen LogP contribution in [0, 0.1) is 10.1 Å². The molecular formula is C14H10BrClN2O6S2. The highest BCUT2D eigenvalue weighted by Gasteiger charge is 2.37. The molecule has 0 fully saturated rings. The summed E-state index contributed by atoms with van der Waals surface area (Å²) in [5.41, 5.74) is 0.205. The number of ether oxygens (including phenoxy) is 1. The Bertz CT molecular complexity index is 1000. The summed E-state index contributed by atoms with van der Waals surface area (Å²) in [5, 5.41) is 9.39. The Balaban J connectivity index is 2.65. The van der Waals surface area contributed by atoms with Crippen LogP contribution in [0.1, 0.15) is 20.5 Å². The van der Waals surface area contributed by atoms with Crippen LogP contribution in [0.4, 0.5) is 5.00 Å². The standard InChI is InChI=1S/C14H10BrClN2O6S2/c1-3-10(7-4-8(15)12(16)17-6-7)26(22,23)11-5-9(14(19)24-2)25-13(11)18(20)21/h3-6,10H,1H2,2H3. The van der Waals surface area contributed by atoms with Crippen molar-refractivity contribution in [1.82, 2.24) is 4.98 Å². The van der Waals surface area contributed by atoms with Crippen molar-refractivity contribution in [2.75, 3.05) is 7.11 Å². The Labute approximate surface area is 165 Å². The van der Waals surface area contributed by atoms with Gasteiger partial charge in [-0.05, 0) is 33.6 Å². The third-order valence-electron chi connectivity index (χ3n) is 3.23. The summed E-state index contributed by atoms with van der Waals surface area (Å²) in [4.78, 5) is 25.1. The summed E-state index contributed by atoms with van der Waals surface area (Å²) in [6, 6.07) is 2.36. The number of halogens is 2. The highest BCUT2D eigenvalue weighted by Crippen LogP contribution is 2.40. The molecule has 0 aromatic carbocycles. The van der Waals surface area contributed by atoms with Gasteiger partial charge in [-0.2, -0.15) is 0 Å². The van der Waals surface area contributed by atoms with E-state index in [9.17, 15) is 23.3 Å². The number of nitro groups is 1. The Morgan fingerprint density at radius 3 is 2.69 bits per heavy atom. The number of nitrogens with zero attached hydrogens (tertiary/aromatic N) is 2. The fourth-order valence-electron chi connectivity index (χ4n) is 2.07. The monoisotopic (exact) mass is 480 g/mol. The molecule has 0 saturated heterocycles. The van der Waals surface area contributed by atoms with Crippen molar-refractivity contribution in [2.24, 2.45) is 0 Å². The van der Waals surface area contributed by atoms with Crippen LogP contribution in [0.3, 0.4) is 0 Å². The summed E-state index contributed by atoms with van der Waals surface area (Å²) in [6.45, 7) is 3.50. The van der Waals surface area contributed by atoms with Crippen molar-refractivity contribution in [3.05, 3.63) is 61.2 Å². The molecule has 12 heteroatoms. The number of thiophene rings is 1. The van der Waals surface area contributed by atoms with Gasteiger partial charge in [0.15, 0.2) is 14.7 Å². The lowest BCUT2D eigenvalue weighted by Crippen LogP contribution is -2.13. The van der Waals surface area contributed by atoms with Crippen LogP contribution in [0.25, 0.3) is 0 Å². The number of hydrogen-bond donors (Lipinski definition) is 0. The number of methoxy groups -OCH3 is 1. The average molecular weight is 482 g/mol. The molecule has 2 aromatic rings. The normalized spacial score (nSPS) is 12.4. The minimum absolute atomic E-state index is 0.128.